The molecule has 1 aromatic carbocycles. The van der Waals surface area contributed by atoms with Gasteiger partial charge in [-0.25, -0.2) is 0 Å². The summed E-state index contributed by atoms with van der Waals surface area (Å²) in [5.74, 6) is -2.71. The summed E-state index contributed by atoms with van der Waals surface area (Å²) in [5.41, 5.74) is -1.74. The van der Waals surface area contributed by atoms with Gasteiger partial charge in [0.2, 0.25) is 0 Å². The van der Waals surface area contributed by atoms with Crippen LogP contribution in [-0.2, 0) is 10.2 Å². The van der Waals surface area contributed by atoms with Gasteiger partial charge in [-0.05, 0) is 30.9 Å². The van der Waals surface area contributed by atoms with Crippen molar-refractivity contribution in [3.05, 3.63) is 34.3 Å². The van der Waals surface area contributed by atoms with Crippen molar-refractivity contribution in [2.75, 3.05) is 0 Å². The molecule has 0 aliphatic heterocycles. The minimum atomic E-state index is -4.37. The molecule has 2 saturated carbocycles. The number of carboxylic acids is 1. The average Bonchev–Trinajstić information content (AvgIpc) is 3.28. The van der Waals surface area contributed by atoms with Crippen LogP contribution in [0, 0.1) is 11.8 Å². The highest BCUT2D eigenvalue weighted by molar-refractivity contribution is 6.32. The molecule has 2 aliphatic carbocycles. The molecule has 2 fully saturated rings. The number of ketones is 1. The van der Waals surface area contributed by atoms with Crippen molar-refractivity contribution in [2.45, 2.75) is 30.9 Å². The number of benzene rings is 1. The van der Waals surface area contributed by atoms with Crippen molar-refractivity contribution in [1.29, 1.82) is 0 Å². The van der Waals surface area contributed by atoms with Gasteiger partial charge in [0.1, 0.15) is 0 Å². The third-order valence-electron chi connectivity index (χ3n) is 4.51. The molecule has 1 N–H and O–H groups in total. The Morgan fingerprint density at radius 2 is 1.86 bits per heavy atom. The Morgan fingerprint density at radius 1 is 1.23 bits per heavy atom. The summed E-state index contributed by atoms with van der Waals surface area (Å²) < 4.78 is 39.3. The molecule has 7 heteroatoms. The van der Waals surface area contributed by atoms with E-state index in [1.807, 2.05) is 0 Å². The number of Topliss-reactive ketones (excluding diaryl/α,β-unsaturated/α-hetero) is 1. The SMILES string of the molecule is O=C(O)C1C[C@@H]1C(=O)c1ccc(C2(C(F)(F)F)CC2)c(Cl)c1. The molecule has 3 rings (SSSR count). The normalized spacial score (nSPS) is 25.6. The third kappa shape index (κ3) is 2.29. The van der Waals surface area contributed by atoms with Gasteiger partial charge in [-0.15, -0.1) is 0 Å². The number of hydrogen-bond donors (Lipinski definition) is 1. The number of carboxylic acid groups (broad SMARTS) is 1. The fraction of sp³-hybridized carbons (Fsp3) is 0.467. The van der Waals surface area contributed by atoms with Gasteiger partial charge < -0.3 is 5.11 Å². The highest BCUT2D eigenvalue weighted by Gasteiger charge is 2.64. The molecule has 0 bridgehead atoms. The van der Waals surface area contributed by atoms with E-state index in [1.54, 1.807) is 0 Å². The molecule has 1 unspecified atom stereocenters. The fourth-order valence-corrected chi connectivity index (χ4v) is 3.22. The Bertz CT molecular complexity index is 664. The molecular formula is C15H12ClF3O3. The summed E-state index contributed by atoms with van der Waals surface area (Å²) in [6.45, 7) is 0. The predicted molar refractivity (Wildman–Crippen MR) is 72.0 cm³/mol. The van der Waals surface area contributed by atoms with Gasteiger partial charge in [-0.1, -0.05) is 23.7 Å². The first-order valence-electron chi connectivity index (χ1n) is 6.81. The maximum atomic E-state index is 13.1. The molecule has 0 saturated heterocycles. The molecule has 0 amide bonds. The standard InChI is InChI=1S/C15H12ClF3O3/c16-11-5-7(12(20)8-6-9(8)13(21)22)1-2-10(11)14(3-4-14)15(17,18)19/h1-2,5,8-9H,3-4,6H2,(H,21,22)/t8-,9?/m0/s1. The van der Waals surface area contributed by atoms with Gasteiger partial charge >= 0.3 is 12.1 Å². The third-order valence-corrected chi connectivity index (χ3v) is 4.82. The van der Waals surface area contributed by atoms with Crippen LogP contribution in [-0.4, -0.2) is 23.0 Å². The summed E-state index contributed by atoms with van der Waals surface area (Å²) in [7, 11) is 0. The number of carbonyl (C=O) groups excluding carboxylic acids is 1. The molecule has 0 radical (unpaired) electrons. The molecule has 2 aliphatic rings. The zero-order valence-electron chi connectivity index (χ0n) is 11.3. The van der Waals surface area contributed by atoms with Crippen molar-refractivity contribution in [1.82, 2.24) is 0 Å². The Hall–Kier alpha value is -1.56. The zero-order valence-corrected chi connectivity index (χ0v) is 12.0. The number of halogens is 4. The number of carbonyl (C=O) groups is 2. The maximum Gasteiger partial charge on any atom is 0.398 e. The van der Waals surface area contributed by atoms with Gasteiger partial charge in [0, 0.05) is 16.5 Å². The van der Waals surface area contributed by atoms with Crippen LogP contribution in [0.1, 0.15) is 35.2 Å². The summed E-state index contributed by atoms with van der Waals surface area (Å²) in [6, 6.07) is 3.78. The first-order chi connectivity index (χ1) is 10.2. The average molecular weight is 333 g/mol. The Labute approximate surface area is 129 Å². The minimum Gasteiger partial charge on any atom is -0.481 e. The van der Waals surface area contributed by atoms with Crippen molar-refractivity contribution in [3.8, 4) is 0 Å². The second kappa shape index (κ2) is 4.72. The summed E-state index contributed by atoms with van der Waals surface area (Å²) in [4.78, 5) is 22.9. The molecule has 2 atom stereocenters. The van der Waals surface area contributed by atoms with Crippen LogP contribution in [0.4, 0.5) is 13.2 Å². The van der Waals surface area contributed by atoms with E-state index in [-0.39, 0.29) is 41.2 Å². The highest BCUT2D eigenvalue weighted by Crippen LogP contribution is 2.60. The Kier molecular flexibility index (Phi) is 3.29. The Balaban J connectivity index is 1.85. The molecule has 118 valence electrons. The maximum absolute atomic E-state index is 13.1. The monoisotopic (exact) mass is 332 g/mol. The summed E-state index contributed by atoms with van der Waals surface area (Å²) >= 11 is 5.96. The first-order valence-corrected chi connectivity index (χ1v) is 7.19. The molecule has 0 aromatic heterocycles. The largest absolute Gasteiger partial charge is 0.481 e. The lowest BCUT2D eigenvalue weighted by Gasteiger charge is -2.21. The molecule has 0 spiro atoms. The van der Waals surface area contributed by atoms with Gasteiger partial charge in [-0.2, -0.15) is 13.2 Å². The number of hydrogen-bond acceptors (Lipinski definition) is 2. The second-order valence-corrected chi connectivity index (χ2v) is 6.33. The summed E-state index contributed by atoms with van der Waals surface area (Å²) in [5, 5.41) is 8.73. The van der Waals surface area contributed by atoms with Gasteiger partial charge in [0.25, 0.3) is 0 Å². The van der Waals surface area contributed by atoms with Gasteiger partial charge in [0.15, 0.2) is 5.78 Å². The lowest BCUT2D eigenvalue weighted by molar-refractivity contribution is -0.160. The van der Waals surface area contributed by atoms with Crippen LogP contribution >= 0.6 is 11.6 Å². The number of alkyl halides is 3. The zero-order chi connectivity index (χ0) is 16.3. The molecule has 1 aromatic rings. The van der Waals surface area contributed by atoms with E-state index in [9.17, 15) is 22.8 Å². The van der Waals surface area contributed by atoms with Crippen molar-refractivity contribution in [2.24, 2.45) is 11.8 Å². The van der Waals surface area contributed by atoms with E-state index in [0.29, 0.717) is 0 Å². The van der Waals surface area contributed by atoms with E-state index in [4.69, 9.17) is 16.7 Å². The van der Waals surface area contributed by atoms with Crippen LogP contribution in [0.25, 0.3) is 0 Å². The quantitative estimate of drug-likeness (QED) is 0.852. The van der Waals surface area contributed by atoms with Crippen LogP contribution in [0.3, 0.4) is 0 Å². The lowest BCUT2D eigenvalue weighted by atomic mass is 9.93. The topological polar surface area (TPSA) is 54.4 Å². The van der Waals surface area contributed by atoms with E-state index < -0.39 is 29.4 Å². The van der Waals surface area contributed by atoms with Crippen LogP contribution < -0.4 is 0 Å². The minimum absolute atomic E-state index is 0.00672. The van der Waals surface area contributed by atoms with E-state index in [1.165, 1.54) is 18.2 Å². The molecular weight excluding hydrogens is 321 g/mol. The molecule has 22 heavy (non-hydrogen) atoms. The van der Waals surface area contributed by atoms with Crippen molar-refractivity contribution < 1.29 is 27.9 Å². The van der Waals surface area contributed by atoms with E-state index in [2.05, 4.69) is 0 Å². The number of aliphatic carboxylic acids is 1. The Morgan fingerprint density at radius 3 is 2.27 bits per heavy atom. The first kappa shape index (κ1) is 15.3. The molecule has 3 nitrogen and oxygen atoms in total. The van der Waals surface area contributed by atoms with Gasteiger partial charge in [-0.3, -0.25) is 9.59 Å². The molecule has 0 heterocycles. The van der Waals surface area contributed by atoms with E-state index >= 15 is 0 Å². The van der Waals surface area contributed by atoms with Crippen LogP contribution in [0.2, 0.25) is 5.02 Å². The van der Waals surface area contributed by atoms with Crippen molar-refractivity contribution in [3.63, 3.8) is 0 Å². The second-order valence-electron chi connectivity index (χ2n) is 5.93. The number of rotatable bonds is 4. The predicted octanol–water partition coefficient (Wildman–Crippen LogP) is 3.84. The van der Waals surface area contributed by atoms with Gasteiger partial charge in [0.05, 0.1) is 11.3 Å². The smallest absolute Gasteiger partial charge is 0.398 e. The summed E-state index contributed by atoms with van der Waals surface area (Å²) in [6.07, 6.45) is -4.12. The fourth-order valence-electron chi connectivity index (χ4n) is 2.86. The van der Waals surface area contributed by atoms with E-state index in [0.717, 1.165) is 0 Å². The van der Waals surface area contributed by atoms with Crippen molar-refractivity contribution >= 4 is 23.4 Å². The lowest BCUT2D eigenvalue weighted by Crippen LogP contribution is -2.29. The van der Waals surface area contributed by atoms with Crippen LogP contribution in [0.5, 0.6) is 0 Å². The van der Waals surface area contributed by atoms with Crippen LogP contribution in [0.15, 0.2) is 18.2 Å². The highest BCUT2D eigenvalue weighted by atomic mass is 35.5.